The molecule has 0 amide bonds. The Balaban J connectivity index is 1.51. The van der Waals surface area contributed by atoms with Crippen LogP contribution in [0.5, 0.6) is 0 Å². The topological polar surface area (TPSA) is 93.0 Å². The molecule has 8 nitrogen and oxygen atoms in total. The highest BCUT2D eigenvalue weighted by atomic mass is 32.2. The minimum atomic E-state index is -3.11. The molecule has 4 rings (SSSR count). The molecule has 0 atom stereocenters. The number of anilines is 1. The van der Waals surface area contributed by atoms with Crippen molar-refractivity contribution in [3.05, 3.63) is 36.8 Å². The molecule has 2 aromatic heterocycles. The Morgan fingerprint density at radius 2 is 1.93 bits per heavy atom. The van der Waals surface area contributed by atoms with E-state index >= 15 is 0 Å². The van der Waals surface area contributed by atoms with Gasteiger partial charge in [0.05, 0.1) is 18.0 Å². The zero-order chi connectivity index (χ0) is 19.0. The fourth-order valence-corrected chi connectivity index (χ4v) is 4.23. The molecule has 1 fully saturated rings. The van der Waals surface area contributed by atoms with Crippen molar-refractivity contribution in [3.63, 3.8) is 0 Å². The summed E-state index contributed by atoms with van der Waals surface area (Å²) in [5.41, 5.74) is 2.96. The number of hydrogen-bond donors (Lipinski definition) is 1. The molecule has 0 aliphatic carbocycles. The van der Waals surface area contributed by atoms with Crippen LogP contribution in [0.15, 0.2) is 36.8 Å². The smallest absolute Gasteiger partial charge is 0.223 e. The van der Waals surface area contributed by atoms with Gasteiger partial charge in [0.15, 0.2) is 0 Å². The van der Waals surface area contributed by atoms with Gasteiger partial charge >= 0.3 is 0 Å². The maximum atomic E-state index is 11.6. The number of nitrogens with one attached hydrogen (secondary N) is 1. The van der Waals surface area contributed by atoms with E-state index in [9.17, 15) is 8.42 Å². The molecule has 1 aliphatic rings. The minimum Gasteiger partial charge on any atom is -0.351 e. The van der Waals surface area contributed by atoms with Gasteiger partial charge in [-0.15, -0.1) is 0 Å². The molecule has 1 saturated heterocycles. The molecular formula is C18H22N6O2S. The van der Waals surface area contributed by atoms with Gasteiger partial charge in [-0.05, 0) is 24.5 Å². The molecule has 27 heavy (non-hydrogen) atoms. The Labute approximate surface area is 158 Å². The van der Waals surface area contributed by atoms with Crippen LogP contribution in [0, 0.1) is 0 Å². The van der Waals surface area contributed by atoms with Crippen LogP contribution in [-0.4, -0.2) is 57.9 Å². The number of hydrogen-bond acceptors (Lipinski definition) is 6. The lowest BCUT2D eigenvalue weighted by molar-refractivity contribution is 0.331. The number of fused-ring (bicyclic) bond motifs is 1. The largest absolute Gasteiger partial charge is 0.351 e. The highest BCUT2D eigenvalue weighted by Gasteiger charge is 2.25. The monoisotopic (exact) mass is 386 g/mol. The van der Waals surface area contributed by atoms with Crippen molar-refractivity contribution in [1.29, 1.82) is 0 Å². The Hall–Kier alpha value is -2.52. The van der Waals surface area contributed by atoms with E-state index in [-0.39, 0.29) is 6.04 Å². The molecule has 3 heterocycles. The van der Waals surface area contributed by atoms with Gasteiger partial charge in [-0.3, -0.25) is 4.68 Å². The Morgan fingerprint density at radius 1 is 1.15 bits per heavy atom. The molecule has 1 aliphatic heterocycles. The summed E-state index contributed by atoms with van der Waals surface area (Å²) in [7, 11) is -1.22. The highest BCUT2D eigenvalue weighted by molar-refractivity contribution is 7.88. The van der Waals surface area contributed by atoms with Crippen molar-refractivity contribution in [2.75, 3.05) is 24.7 Å². The maximum absolute atomic E-state index is 11.6. The van der Waals surface area contributed by atoms with Gasteiger partial charge in [0, 0.05) is 49.5 Å². The normalized spacial score (nSPS) is 16.7. The Kier molecular flexibility index (Phi) is 4.56. The van der Waals surface area contributed by atoms with Crippen molar-refractivity contribution in [3.8, 4) is 11.1 Å². The first-order valence-corrected chi connectivity index (χ1v) is 10.7. The van der Waals surface area contributed by atoms with E-state index in [0.29, 0.717) is 19.0 Å². The first kappa shape index (κ1) is 17.9. The van der Waals surface area contributed by atoms with E-state index in [2.05, 4.69) is 20.4 Å². The van der Waals surface area contributed by atoms with E-state index < -0.39 is 10.0 Å². The molecular weight excluding hydrogens is 364 g/mol. The van der Waals surface area contributed by atoms with E-state index in [1.54, 1.807) is 4.68 Å². The lowest BCUT2D eigenvalue weighted by atomic mass is 10.1. The zero-order valence-electron chi connectivity index (χ0n) is 15.3. The average molecular weight is 386 g/mol. The summed E-state index contributed by atoms with van der Waals surface area (Å²) in [5.74, 6) is 0.573. The van der Waals surface area contributed by atoms with Crippen molar-refractivity contribution < 1.29 is 8.42 Å². The quantitative estimate of drug-likeness (QED) is 0.736. The van der Waals surface area contributed by atoms with Gasteiger partial charge in [-0.1, -0.05) is 12.1 Å². The predicted octanol–water partition coefficient (Wildman–Crippen LogP) is 1.87. The summed E-state index contributed by atoms with van der Waals surface area (Å²) in [6, 6.07) is 6.25. The van der Waals surface area contributed by atoms with E-state index in [1.165, 1.54) is 10.6 Å². The first-order chi connectivity index (χ1) is 12.9. The van der Waals surface area contributed by atoms with Crippen molar-refractivity contribution >= 4 is 26.9 Å². The number of sulfonamides is 1. The van der Waals surface area contributed by atoms with Crippen LogP contribution in [-0.2, 0) is 17.1 Å². The SMILES string of the molecule is Cn1cc(-c2ccc3cnc(NC4CCN(S(C)(=O)=O)CC4)nc3c2)cn1. The second-order valence-electron chi connectivity index (χ2n) is 6.95. The van der Waals surface area contributed by atoms with Crippen molar-refractivity contribution in [1.82, 2.24) is 24.1 Å². The molecule has 142 valence electrons. The summed E-state index contributed by atoms with van der Waals surface area (Å²) in [6.07, 6.45) is 8.35. The van der Waals surface area contributed by atoms with Crippen LogP contribution < -0.4 is 5.32 Å². The lowest BCUT2D eigenvalue weighted by Gasteiger charge is -2.30. The number of rotatable bonds is 4. The number of nitrogens with zero attached hydrogens (tertiary/aromatic N) is 5. The van der Waals surface area contributed by atoms with Gasteiger partial charge in [-0.2, -0.15) is 5.10 Å². The zero-order valence-corrected chi connectivity index (χ0v) is 16.1. The van der Waals surface area contributed by atoms with E-state index in [4.69, 9.17) is 0 Å². The fraction of sp³-hybridized carbons (Fsp3) is 0.389. The molecule has 0 radical (unpaired) electrons. The summed E-state index contributed by atoms with van der Waals surface area (Å²) in [5, 5.41) is 8.54. The highest BCUT2D eigenvalue weighted by Crippen LogP contribution is 2.24. The minimum absolute atomic E-state index is 0.168. The van der Waals surface area contributed by atoms with Crippen molar-refractivity contribution in [2.45, 2.75) is 18.9 Å². The Bertz CT molecular complexity index is 1070. The lowest BCUT2D eigenvalue weighted by Crippen LogP contribution is -2.42. The fourth-order valence-electron chi connectivity index (χ4n) is 3.36. The Morgan fingerprint density at radius 3 is 2.59 bits per heavy atom. The third-order valence-corrected chi connectivity index (χ3v) is 6.18. The number of aromatic nitrogens is 4. The van der Waals surface area contributed by atoms with Gasteiger partial charge in [0.2, 0.25) is 16.0 Å². The third-order valence-electron chi connectivity index (χ3n) is 4.88. The molecule has 0 bridgehead atoms. The van der Waals surface area contributed by atoms with Gasteiger partial charge in [0.25, 0.3) is 0 Å². The molecule has 0 unspecified atom stereocenters. The molecule has 3 aromatic rings. The summed E-state index contributed by atoms with van der Waals surface area (Å²) in [6.45, 7) is 1.05. The first-order valence-electron chi connectivity index (χ1n) is 8.86. The molecule has 1 aromatic carbocycles. The van der Waals surface area contributed by atoms with Gasteiger partial charge < -0.3 is 5.32 Å². The second-order valence-corrected chi connectivity index (χ2v) is 8.93. The average Bonchev–Trinajstić information content (AvgIpc) is 3.07. The molecule has 0 spiro atoms. The summed E-state index contributed by atoms with van der Waals surface area (Å²) in [4.78, 5) is 9.05. The van der Waals surface area contributed by atoms with Crippen LogP contribution in [0.4, 0.5) is 5.95 Å². The van der Waals surface area contributed by atoms with E-state index in [0.717, 1.165) is 34.9 Å². The van der Waals surface area contributed by atoms with Crippen LogP contribution in [0.25, 0.3) is 22.0 Å². The second kappa shape index (κ2) is 6.90. The molecule has 1 N–H and O–H groups in total. The number of benzene rings is 1. The van der Waals surface area contributed by atoms with Crippen LogP contribution in [0.2, 0.25) is 0 Å². The number of aryl methyl sites for hydroxylation is 1. The standard InChI is InChI=1S/C18H22N6O2S/c1-23-12-15(11-20-23)13-3-4-14-10-19-18(22-17(14)9-13)21-16-5-7-24(8-6-16)27(2,25)26/h3-4,9-12,16H,5-8H2,1-2H3,(H,19,21,22). The van der Waals surface area contributed by atoms with Gasteiger partial charge in [-0.25, -0.2) is 22.7 Å². The van der Waals surface area contributed by atoms with Crippen LogP contribution in [0.3, 0.4) is 0 Å². The predicted molar refractivity (Wildman–Crippen MR) is 105 cm³/mol. The van der Waals surface area contributed by atoms with Crippen LogP contribution >= 0.6 is 0 Å². The van der Waals surface area contributed by atoms with Gasteiger partial charge in [0.1, 0.15) is 0 Å². The molecule has 9 heteroatoms. The third kappa shape index (κ3) is 3.93. The maximum Gasteiger partial charge on any atom is 0.223 e. The van der Waals surface area contributed by atoms with Crippen molar-refractivity contribution in [2.24, 2.45) is 7.05 Å². The molecule has 0 saturated carbocycles. The number of piperidine rings is 1. The van der Waals surface area contributed by atoms with Crippen LogP contribution in [0.1, 0.15) is 12.8 Å². The van der Waals surface area contributed by atoms with E-state index in [1.807, 2.05) is 43.8 Å². The summed E-state index contributed by atoms with van der Waals surface area (Å²) >= 11 is 0. The summed E-state index contributed by atoms with van der Waals surface area (Å²) < 4.78 is 26.5.